The maximum atomic E-state index is 2.50. The lowest BCUT2D eigenvalue weighted by Gasteiger charge is -2.31. The molecule has 0 amide bonds. The molecule has 0 unspecified atom stereocenters. The molecule has 0 saturated carbocycles. The molecule has 45 heavy (non-hydrogen) atoms. The minimum atomic E-state index is -0.109. The van der Waals surface area contributed by atoms with Crippen molar-refractivity contribution in [2.75, 3.05) is 4.90 Å². The molecule has 218 valence electrons. The van der Waals surface area contributed by atoms with E-state index in [1.165, 1.54) is 77.6 Å². The van der Waals surface area contributed by atoms with Crippen LogP contribution in [0, 0.1) is 0 Å². The summed E-state index contributed by atoms with van der Waals surface area (Å²) in [5.74, 6) is 0.458. The number of rotatable bonds is 5. The summed E-state index contributed by atoms with van der Waals surface area (Å²) < 4.78 is 0. The summed E-state index contributed by atoms with van der Waals surface area (Å²) in [5.41, 5.74) is 12.9. The van der Waals surface area contributed by atoms with Gasteiger partial charge in [-0.15, -0.1) is 0 Å². The number of hydrogen-bond donors (Lipinski definition) is 0. The Morgan fingerprint density at radius 2 is 1.18 bits per heavy atom. The molecule has 0 bridgehead atoms. The highest BCUT2D eigenvalue weighted by molar-refractivity contribution is 6.08. The van der Waals surface area contributed by atoms with Gasteiger partial charge in [-0.25, -0.2) is 0 Å². The average Bonchev–Trinajstić information content (AvgIpc) is 3.31. The van der Waals surface area contributed by atoms with Gasteiger partial charge >= 0.3 is 0 Å². The van der Waals surface area contributed by atoms with E-state index in [1.54, 1.807) is 0 Å². The third kappa shape index (κ3) is 4.30. The summed E-state index contributed by atoms with van der Waals surface area (Å²) in [7, 11) is 0. The summed E-state index contributed by atoms with van der Waals surface area (Å²) in [5, 5.41) is 4.96. The van der Waals surface area contributed by atoms with Gasteiger partial charge in [0.25, 0.3) is 0 Å². The zero-order valence-electron chi connectivity index (χ0n) is 26.4. The van der Waals surface area contributed by atoms with E-state index in [9.17, 15) is 0 Å². The Hall–Kier alpha value is -5.14. The van der Waals surface area contributed by atoms with Gasteiger partial charge in [-0.05, 0) is 79.7 Å². The summed E-state index contributed by atoms with van der Waals surface area (Å²) in [6, 6.07) is 53.7. The summed E-state index contributed by atoms with van der Waals surface area (Å²) in [4.78, 5) is 2.50. The molecule has 0 aromatic heterocycles. The maximum absolute atomic E-state index is 2.50. The topological polar surface area (TPSA) is 3.24 Å². The first kappa shape index (κ1) is 27.4. The van der Waals surface area contributed by atoms with Crippen LogP contribution in [-0.4, -0.2) is 0 Å². The fourth-order valence-corrected chi connectivity index (χ4v) is 7.59. The van der Waals surface area contributed by atoms with Crippen LogP contribution in [-0.2, 0) is 5.41 Å². The molecule has 0 atom stereocenters. The number of benzene rings is 7. The SMILES string of the molecule is CC(C)c1cccc2c1-c1ccc(N(c3ccc4ccccc4c3-c3ccccc3)c3cccc4ccccc34)cc1C2(C)C. The molecule has 0 heterocycles. The van der Waals surface area contributed by atoms with Crippen LogP contribution in [0.1, 0.15) is 50.3 Å². The van der Waals surface area contributed by atoms with E-state index in [-0.39, 0.29) is 5.41 Å². The van der Waals surface area contributed by atoms with Gasteiger partial charge in [0.15, 0.2) is 0 Å². The Labute approximate surface area is 266 Å². The van der Waals surface area contributed by atoms with Gasteiger partial charge < -0.3 is 4.90 Å². The van der Waals surface area contributed by atoms with Gasteiger partial charge in [0, 0.05) is 22.1 Å². The second-order valence-electron chi connectivity index (χ2n) is 13.2. The van der Waals surface area contributed by atoms with Crippen LogP contribution >= 0.6 is 0 Å². The van der Waals surface area contributed by atoms with E-state index in [0.717, 1.165) is 0 Å². The Morgan fingerprint density at radius 1 is 0.511 bits per heavy atom. The molecule has 0 saturated heterocycles. The molecule has 1 nitrogen and oxygen atoms in total. The van der Waals surface area contributed by atoms with E-state index >= 15 is 0 Å². The smallest absolute Gasteiger partial charge is 0.0546 e. The highest BCUT2D eigenvalue weighted by Gasteiger charge is 2.37. The minimum Gasteiger partial charge on any atom is -0.309 e. The van der Waals surface area contributed by atoms with Crippen molar-refractivity contribution in [1.82, 2.24) is 0 Å². The van der Waals surface area contributed by atoms with E-state index in [2.05, 4.69) is 178 Å². The predicted octanol–water partition coefficient (Wildman–Crippen LogP) is 12.6. The molecule has 0 spiro atoms. The summed E-state index contributed by atoms with van der Waals surface area (Å²) in [6.45, 7) is 9.39. The highest BCUT2D eigenvalue weighted by atomic mass is 15.1. The number of nitrogens with zero attached hydrogens (tertiary/aromatic N) is 1. The van der Waals surface area contributed by atoms with E-state index in [4.69, 9.17) is 0 Å². The van der Waals surface area contributed by atoms with Crippen molar-refractivity contribution in [3.63, 3.8) is 0 Å². The van der Waals surface area contributed by atoms with E-state index < -0.39 is 0 Å². The first-order valence-electron chi connectivity index (χ1n) is 16.1. The molecule has 1 aliphatic carbocycles. The first-order chi connectivity index (χ1) is 21.9. The van der Waals surface area contributed by atoms with Crippen molar-refractivity contribution < 1.29 is 0 Å². The normalized spacial score (nSPS) is 13.3. The molecule has 7 aromatic carbocycles. The Balaban J connectivity index is 1.45. The van der Waals surface area contributed by atoms with Crippen LogP contribution in [0.15, 0.2) is 146 Å². The fraction of sp³-hybridized carbons (Fsp3) is 0.136. The minimum absolute atomic E-state index is 0.109. The summed E-state index contributed by atoms with van der Waals surface area (Å²) in [6.07, 6.45) is 0. The van der Waals surface area contributed by atoms with Crippen molar-refractivity contribution >= 4 is 38.6 Å². The molecule has 0 N–H and O–H groups in total. The molecule has 7 aromatic rings. The van der Waals surface area contributed by atoms with E-state index in [1.807, 2.05) is 0 Å². The number of anilines is 3. The lowest BCUT2D eigenvalue weighted by molar-refractivity contribution is 0.659. The van der Waals surface area contributed by atoms with Crippen molar-refractivity contribution in [2.24, 2.45) is 0 Å². The monoisotopic (exact) mass is 579 g/mol. The average molecular weight is 580 g/mol. The third-order valence-electron chi connectivity index (χ3n) is 9.81. The van der Waals surface area contributed by atoms with Gasteiger partial charge in [-0.2, -0.15) is 0 Å². The Kier molecular flexibility index (Phi) is 6.39. The molecule has 8 rings (SSSR count). The van der Waals surface area contributed by atoms with Crippen LogP contribution in [0.25, 0.3) is 43.8 Å². The zero-order valence-corrected chi connectivity index (χ0v) is 26.4. The number of hydrogen-bond acceptors (Lipinski definition) is 1. The lowest BCUT2D eigenvalue weighted by atomic mass is 9.81. The van der Waals surface area contributed by atoms with Crippen LogP contribution in [0.4, 0.5) is 17.1 Å². The van der Waals surface area contributed by atoms with Gasteiger partial charge in [0.1, 0.15) is 0 Å². The molecular formula is C44H37N. The van der Waals surface area contributed by atoms with Crippen molar-refractivity contribution in [1.29, 1.82) is 0 Å². The standard InChI is InChI=1S/C44H37N/c1-29(2)34-21-13-22-38-43(34)37-26-25-33(28-39(37)44(38,3)4)45(40-23-12-18-30-14-8-10-19-35(30)40)41-27-24-31-15-9-11-20-36(31)42(41)32-16-6-5-7-17-32/h5-29H,1-4H3. The molecule has 1 aliphatic rings. The maximum Gasteiger partial charge on any atom is 0.0546 e. The first-order valence-corrected chi connectivity index (χ1v) is 16.1. The molecule has 1 heteroatoms. The van der Waals surface area contributed by atoms with Crippen molar-refractivity contribution in [3.8, 4) is 22.3 Å². The lowest BCUT2D eigenvalue weighted by Crippen LogP contribution is -2.17. The van der Waals surface area contributed by atoms with Crippen LogP contribution < -0.4 is 4.90 Å². The van der Waals surface area contributed by atoms with Gasteiger partial charge in [0.05, 0.1) is 11.4 Å². The third-order valence-corrected chi connectivity index (χ3v) is 9.81. The predicted molar refractivity (Wildman–Crippen MR) is 193 cm³/mol. The molecule has 0 radical (unpaired) electrons. The fourth-order valence-electron chi connectivity index (χ4n) is 7.59. The van der Waals surface area contributed by atoms with Crippen molar-refractivity contribution in [2.45, 2.75) is 39.0 Å². The van der Waals surface area contributed by atoms with E-state index in [0.29, 0.717) is 5.92 Å². The second-order valence-corrected chi connectivity index (χ2v) is 13.2. The quantitative estimate of drug-likeness (QED) is 0.196. The van der Waals surface area contributed by atoms with Crippen LogP contribution in [0.2, 0.25) is 0 Å². The summed E-state index contributed by atoms with van der Waals surface area (Å²) >= 11 is 0. The Bertz CT molecular complexity index is 2220. The second kappa shape index (κ2) is 10.5. The van der Waals surface area contributed by atoms with Gasteiger partial charge in [-0.3, -0.25) is 0 Å². The van der Waals surface area contributed by atoms with Crippen LogP contribution in [0.3, 0.4) is 0 Å². The zero-order chi connectivity index (χ0) is 30.7. The van der Waals surface area contributed by atoms with Gasteiger partial charge in [-0.1, -0.05) is 149 Å². The number of fused-ring (bicyclic) bond motifs is 5. The Morgan fingerprint density at radius 3 is 1.96 bits per heavy atom. The molecule has 0 fully saturated rings. The molecule has 0 aliphatic heterocycles. The molecular weight excluding hydrogens is 542 g/mol. The van der Waals surface area contributed by atoms with Crippen molar-refractivity contribution in [3.05, 3.63) is 162 Å². The highest BCUT2D eigenvalue weighted by Crippen LogP contribution is 2.54. The van der Waals surface area contributed by atoms with Gasteiger partial charge in [0.2, 0.25) is 0 Å². The van der Waals surface area contributed by atoms with Crippen LogP contribution in [0.5, 0.6) is 0 Å². The largest absolute Gasteiger partial charge is 0.309 e.